The van der Waals surface area contributed by atoms with Gasteiger partial charge in [-0.1, -0.05) is 6.92 Å². The molecule has 24 heavy (non-hydrogen) atoms. The number of hydrogen-bond acceptors (Lipinski definition) is 3. The third-order valence-electron chi connectivity index (χ3n) is 3.25. The SMILES string of the molecule is CCC(Oc1ccc(F)cc1)C(=O)Nc1ccc(OC(C)C)cc1. The number of carbonyl (C=O) groups excluding carboxylic acids is 1. The first kappa shape index (κ1) is 17.8. The molecule has 5 heteroatoms. The Morgan fingerprint density at radius 2 is 1.54 bits per heavy atom. The monoisotopic (exact) mass is 331 g/mol. The summed E-state index contributed by atoms with van der Waals surface area (Å²) in [5, 5.41) is 2.81. The molecule has 0 radical (unpaired) electrons. The smallest absolute Gasteiger partial charge is 0.265 e. The number of carbonyl (C=O) groups is 1. The number of rotatable bonds is 7. The minimum atomic E-state index is -0.651. The molecule has 0 spiro atoms. The Bertz CT molecular complexity index is 653. The van der Waals surface area contributed by atoms with Crippen molar-refractivity contribution in [2.24, 2.45) is 0 Å². The average molecular weight is 331 g/mol. The van der Waals surface area contributed by atoms with E-state index in [2.05, 4.69) is 5.32 Å². The van der Waals surface area contributed by atoms with Crippen LogP contribution in [-0.4, -0.2) is 18.1 Å². The molecule has 2 aromatic carbocycles. The third kappa shape index (κ3) is 5.26. The van der Waals surface area contributed by atoms with E-state index in [4.69, 9.17) is 9.47 Å². The van der Waals surface area contributed by atoms with Crippen LogP contribution in [0.15, 0.2) is 48.5 Å². The second-order valence-electron chi connectivity index (χ2n) is 5.65. The number of ether oxygens (including phenoxy) is 2. The van der Waals surface area contributed by atoms with Crippen molar-refractivity contribution in [1.29, 1.82) is 0 Å². The van der Waals surface area contributed by atoms with Gasteiger partial charge in [-0.15, -0.1) is 0 Å². The first-order valence-electron chi connectivity index (χ1n) is 7.97. The normalized spacial score (nSPS) is 11.9. The van der Waals surface area contributed by atoms with E-state index < -0.39 is 6.10 Å². The zero-order chi connectivity index (χ0) is 17.5. The summed E-state index contributed by atoms with van der Waals surface area (Å²) in [7, 11) is 0. The van der Waals surface area contributed by atoms with E-state index in [1.54, 1.807) is 24.3 Å². The van der Waals surface area contributed by atoms with Gasteiger partial charge in [-0.3, -0.25) is 4.79 Å². The van der Waals surface area contributed by atoms with Gasteiger partial charge in [0.2, 0.25) is 0 Å². The molecule has 0 aromatic heterocycles. The fourth-order valence-electron chi connectivity index (χ4n) is 2.11. The number of nitrogens with one attached hydrogen (secondary N) is 1. The number of amides is 1. The zero-order valence-corrected chi connectivity index (χ0v) is 14.1. The lowest BCUT2D eigenvalue weighted by molar-refractivity contribution is -0.122. The minimum Gasteiger partial charge on any atom is -0.491 e. The average Bonchev–Trinajstić information content (AvgIpc) is 2.55. The van der Waals surface area contributed by atoms with Gasteiger partial charge < -0.3 is 14.8 Å². The summed E-state index contributed by atoms with van der Waals surface area (Å²) >= 11 is 0. The van der Waals surface area contributed by atoms with Crippen LogP contribution in [0.25, 0.3) is 0 Å². The minimum absolute atomic E-state index is 0.0963. The highest BCUT2D eigenvalue weighted by molar-refractivity contribution is 5.94. The summed E-state index contributed by atoms with van der Waals surface area (Å²) in [5.41, 5.74) is 0.664. The number of benzene rings is 2. The van der Waals surface area contributed by atoms with Crippen LogP contribution < -0.4 is 14.8 Å². The second-order valence-corrected chi connectivity index (χ2v) is 5.65. The molecule has 0 saturated carbocycles. The van der Waals surface area contributed by atoms with Crippen molar-refractivity contribution in [1.82, 2.24) is 0 Å². The molecule has 2 aromatic rings. The first-order valence-corrected chi connectivity index (χ1v) is 7.97. The standard InChI is InChI=1S/C19H22FNO3/c1-4-18(24-17-9-5-14(20)6-10-17)19(22)21-15-7-11-16(12-8-15)23-13(2)3/h5-13,18H,4H2,1-3H3,(H,21,22). The highest BCUT2D eigenvalue weighted by Crippen LogP contribution is 2.19. The van der Waals surface area contributed by atoms with Crippen molar-refractivity contribution in [3.05, 3.63) is 54.3 Å². The largest absolute Gasteiger partial charge is 0.491 e. The van der Waals surface area contributed by atoms with Gasteiger partial charge in [-0.2, -0.15) is 0 Å². The Balaban J connectivity index is 1.97. The van der Waals surface area contributed by atoms with E-state index in [1.165, 1.54) is 24.3 Å². The number of anilines is 1. The predicted octanol–water partition coefficient (Wildman–Crippen LogP) is 4.41. The molecule has 0 heterocycles. The molecule has 0 aliphatic heterocycles. The predicted molar refractivity (Wildman–Crippen MR) is 91.9 cm³/mol. The van der Waals surface area contributed by atoms with Gasteiger partial charge >= 0.3 is 0 Å². The number of hydrogen-bond donors (Lipinski definition) is 1. The Kier molecular flexibility index (Phi) is 6.18. The van der Waals surface area contributed by atoms with Gasteiger partial charge in [0.1, 0.15) is 17.3 Å². The second kappa shape index (κ2) is 8.34. The molecule has 1 unspecified atom stereocenters. The molecule has 2 rings (SSSR count). The highest BCUT2D eigenvalue weighted by atomic mass is 19.1. The van der Waals surface area contributed by atoms with E-state index in [1.807, 2.05) is 20.8 Å². The molecule has 0 aliphatic rings. The molecule has 0 aliphatic carbocycles. The van der Waals surface area contributed by atoms with Crippen LogP contribution in [0.5, 0.6) is 11.5 Å². The van der Waals surface area contributed by atoms with Crippen molar-refractivity contribution in [2.75, 3.05) is 5.32 Å². The van der Waals surface area contributed by atoms with Crippen LogP contribution in [0.3, 0.4) is 0 Å². The van der Waals surface area contributed by atoms with Crippen LogP contribution in [0.2, 0.25) is 0 Å². The molecule has 1 N–H and O–H groups in total. The van der Waals surface area contributed by atoms with E-state index >= 15 is 0 Å². The summed E-state index contributed by atoms with van der Waals surface area (Å²) in [6.45, 7) is 5.76. The maximum absolute atomic E-state index is 12.9. The summed E-state index contributed by atoms with van der Waals surface area (Å²) in [6, 6.07) is 12.8. The Labute approximate surface area is 141 Å². The Morgan fingerprint density at radius 3 is 2.08 bits per heavy atom. The molecular weight excluding hydrogens is 309 g/mol. The van der Waals surface area contributed by atoms with E-state index in [9.17, 15) is 9.18 Å². The maximum atomic E-state index is 12.9. The summed E-state index contributed by atoms with van der Waals surface area (Å²) in [6.07, 6.45) is -0.0568. The molecular formula is C19H22FNO3. The summed E-state index contributed by atoms with van der Waals surface area (Å²) < 4.78 is 24.1. The molecule has 4 nitrogen and oxygen atoms in total. The summed E-state index contributed by atoms with van der Waals surface area (Å²) in [5.74, 6) is 0.611. The van der Waals surface area contributed by atoms with Gasteiger partial charge in [-0.25, -0.2) is 4.39 Å². The van der Waals surface area contributed by atoms with E-state index in [0.717, 1.165) is 5.75 Å². The molecule has 1 amide bonds. The van der Waals surface area contributed by atoms with Crippen molar-refractivity contribution in [3.63, 3.8) is 0 Å². The van der Waals surface area contributed by atoms with Gasteiger partial charge in [-0.05, 0) is 68.8 Å². The van der Waals surface area contributed by atoms with E-state index in [-0.39, 0.29) is 17.8 Å². The van der Waals surface area contributed by atoms with Gasteiger partial charge in [0.05, 0.1) is 6.10 Å². The number of halogens is 1. The lowest BCUT2D eigenvalue weighted by atomic mass is 10.2. The van der Waals surface area contributed by atoms with Gasteiger partial charge in [0, 0.05) is 5.69 Å². The van der Waals surface area contributed by atoms with Crippen LogP contribution in [0.1, 0.15) is 27.2 Å². The topological polar surface area (TPSA) is 47.6 Å². The van der Waals surface area contributed by atoms with Crippen LogP contribution in [0.4, 0.5) is 10.1 Å². The van der Waals surface area contributed by atoms with Crippen molar-refractivity contribution >= 4 is 11.6 Å². The van der Waals surface area contributed by atoms with E-state index in [0.29, 0.717) is 17.9 Å². The fraction of sp³-hybridized carbons (Fsp3) is 0.316. The summed E-state index contributed by atoms with van der Waals surface area (Å²) in [4.78, 5) is 12.3. The lowest BCUT2D eigenvalue weighted by Gasteiger charge is -2.17. The van der Waals surface area contributed by atoms with Crippen LogP contribution in [-0.2, 0) is 4.79 Å². The Hall–Kier alpha value is -2.56. The van der Waals surface area contributed by atoms with Gasteiger partial charge in [0.15, 0.2) is 6.10 Å². The van der Waals surface area contributed by atoms with Gasteiger partial charge in [0.25, 0.3) is 5.91 Å². The molecule has 1 atom stereocenters. The van der Waals surface area contributed by atoms with Crippen LogP contribution in [0, 0.1) is 5.82 Å². The molecule has 0 saturated heterocycles. The van der Waals surface area contributed by atoms with Crippen molar-refractivity contribution in [2.45, 2.75) is 39.4 Å². The maximum Gasteiger partial charge on any atom is 0.265 e. The lowest BCUT2D eigenvalue weighted by Crippen LogP contribution is -2.32. The van der Waals surface area contributed by atoms with Crippen molar-refractivity contribution < 1.29 is 18.7 Å². The first-order chi connectivity index (χ1) is 11.5. The molecule has 0 fully saturated rings. The highest BCUT2D eigenvalue weighted by Gasteiger charge is 2.18. The zero-order valence-electron chi connectivity index (χ0n) is 14.1. The Morgan fingerprint density at radius 1 is 1.00 bits per heavy atom. The van der Waals surface area contributed by atoms with Crippen LogP contribution >= 0.6 is 0 Å². The fourth-order valence-corrected chi connectivity index (χ4v) is 2.11. The quantitative estimate of drug-likeness (QED) is 0.817. The van der Waals surface area contributed by atoms with Crippen molar-refractivity contribution in [3.8, 4) is 11.5 Å². The molecule has 0 bridgehead atoms. The molecule has 128 valence electrons. The third-order valence-corrected chi connectivity index (χ3v) is 3.25.